The van der Waals surface area contributed by atoms with Gasteiger partial charge in [-0.1, -0.05) is 18.2 Å². The first-order chi connectivity index (χ1) is 11.6. The van der Waals surface area contributed by atoms with Gasteiger partial charge in [0.1, 0.15) is 21.8 Å². The second kappa shape index (κ2) is 7.20. The normalized spacial score (nSPS) is 11.8. The number of thiazole rings is 1. The molecule has 0 aliphatic heterocycles. The number of nitrogens with one attached hydrogen (secondary N) is 2. The minimum atomic E-state index is -0.679. The molecule has 7 heteroatoms. The predicted molar refractivity (Wildman–Crippen MR) is 94.7 cm³/mol. The molecule has 6 nitrogen and oxygen atoms in total. The number of aromatic nitrogens is 2. The Kier molecular flexibility index (Phi) is 4.83. The largest absolute Gasteiger partial charge is 0.386 e. The van der Waals surface area contributed by atoms with Gasteiger partial charge in [0.05, 0.1) is 18.1 Å². The number of anilines is 3. The maximum Gasteiger partial charge on any atom is 0.267 e. The maximum atomic E-state index is 12.2. The summed E-state index contributed by atoms with van der Waals surface area (Å²) in [5, 5.41) is 15.9. The smallest absolute Gasteiger partial charge is 0.267 e. The molecule has 0 fully saturated rings. The third-order valence-corrected chi connectivity index (χ3v) is 4.34. The Bertz CT molecular complexity index is 816. The van der Waals surface area contributed by atoms with Crippen molar-refractivity contribution in [2.24, 2.45) is 0 Å². The summed E-state index contributed by atoms with van der Waals surface area (Å²) in [6.07, 6.45) is 2.36. The number of carbonyl (C=O) groups is 1. The van der Waals surface area contributed by atoms with Crippen molar-refractivity contribution in [2.45, 2.75) is 13.0 Å². The number of hydrogen-bond donors (Lipinski definition) is 3. The SMILES string of the molecule is CC(O)c1ncc(C(=O)Nc2ccc(Nc3ccccc3)nc2)s1. The first-order valence-corrected chi connectivity index (χ1v) is 8.17. The van der Waals surface area contributed by atoms with E-state index >= 15 is 0 Å². The van der Waals surface area contributed by atoms with Crippen molar-refractivity contribution in [3.05, 3.63) is 64.7 Å². The lowest BCUT2D eigenvalue weighted by atomic mass is 10.3. The highest BCUT2D eigenvalue weighted by Gasteiger charge is 2.13. The van der Waals surface area contributed by atoms with E-state index in [1.165, 1.54) is 17.5 Å². The van der Waals surface area contributed by atoms with Crippen LogP contribution in [0.4, 0.5) is 17.2 Å². The Hall–Kier alpha value is -2.77. The van der Waals surface area contributed by atoms with Crippen LogP contribution < -0.4 is 10.6 Å². The number of nitrogens with zero attached hydrogens (tertiary/aromatic N) is 2. The van der Waals surface area contributed by atoms with Gasteiger partial charge in [-0.2, -0.15) is 0 Å². The minimum Gasteiger partial charge on any atom is -0.386 e. The molecular weight excluding hydrogens is 324 g/mol. The second-order valence-electron chi connectivity index (χ2n) is 5.12. The molecule has 0 saturated carbocycles. The van der Waals surface area contributed by atoms with Gasteiger partial charge in [-0.25, -0.2) is 9.97 Å². The van der Waals surface area contributed by atoms with E-state index in [4.69, 9.17) is 0 Å². The quantitative estimate of drug-likeness (QED) is 0.661. The molecule has 0 spiro atoms. The van der Waals surface area contributed by atoms with Crippen LogP contribution in [0.25, 0.3) is 0 Å². The molecule has 3 aromatic rings. The van der Waals surface area contributed by atoms with E-state index < -0.39 is 6.10 Å². The van der Waals surface area contributed by atoms with Gasteiger partial charge >= 0.3 is 0 Å². The van der Waals surface area contributed by atoms with Crippen molar-refractivity contribution in [3.8, 4) is 0 Å². The minimum absolute atomic E-state index is 0.273. The third-order valence-electron chi connectivity index (χ3n) is 3.17. The number of benzene rings is 1. The zero-order valence-electron chi connectivity index (χ0n) is 12.9. The van der Waals surface area contributed by atoms with E-state index in [1.807, 2.05) is 30.3 Å². The van der Waals surface area contributed by atoms with Gasteiger partial charge in [0, 0.05) is 5.69 Å². The zero-order chi connectivity index (χ0) is 16.9. The first-order valence-electron chi connectivity index (χ1n) is 7.35. The van der Waals surface area contributed by atoms with Crippen molar-refractivity contribution in [1.29, 1.82) is 0 Å². The molecule has 24 heavy (non-hydrogen) atoms. The highest BCUT2D eigenvalue weighted by Crippen LogP contribution is 2.21. The number of aliphatic hydroxyl groups excluding tert-OH is 1. The van der Waals surface area contributed by atoms with E-state index in [0.717, 1.165) is 5.69 Å². The summed E-state index contributed by atoms with van der Waals surface area (Å²) in [4.78, 5) is 20.9. The Balaban J connectivity index is 1.64. The predicted octanol–water partition coefficient (Wildman–Crippen LogP) is 3.59. The Labute approximate surface area is 143 Å². The van der Waals surface area contributed by atoms with Crippen LogP contribution in [0.15, 0.2) is 54.9 Å². The molecule has 1 amide bonds. The zero-order valence-corrected chi connectivity index (χ0v) is 13.7. The molecule has 2 heterocycles. The summed E-state index contributed by atoms with van der Waals surface area (Å²) in [5.74, 6) is 0.415. The van der Waals surface area contributed by atoms with Gasteiger partial charge in [-0.15, -0.1) is 11.3 Å². The molecule has 1 unspecified atom stereocenters. The number of hydrogen-bond acceptors (Lipinski definition) is 6. The van der Waals surface area contributed by atoms with Gasteiger partial charge in [0.2, 0.25) is 0 Å². The average Bonchev–Trinajstić information content (AvgIpc) is 3.08. The summed E-state index contributed by atoms with van der Waals surface area (Å²) in [7, 11) is 0. The maximum absolute atomic E-state index is 12.2. The van der Waals surface area contributed by atoms with Gasteiger partial charge in [0.15, 0.2) is 0 Å². The summed E-state index contributed by atoms with van der Waals surface area (Å²) in [6.45, 7) is 1.61. The number of rotatable bonds is 5. The molecule has 3 N–H and O–H groups in total. The van der Waals surface area contributed by atoms with Crippen LogP contribution in [-0.2, 0) is 0 Å². The molecule has 3 rings (SSSR count). The fourth-order valence-electron chi connectivity index (χ4n) is 1.99. The number of amides is 1. The fraction of sp³-hybridized carbons (Fsp3) is 0.118. The van der Waals surface area contributed by atoms with E-state index in [9.17, 15) is 9.90 Å². The van der Waals surface area contributed by atoms with Crippen molar-refractivity contribution >= 4 is 34.4 Å². The molecule has 1 atom stereocenters. The van der Waals surface area contributed by atoms with E-state index in [2.05, 4.69) is 20.6 Å². The second-order valence-corrected chi connectivity index (χ2v) is 6.18. The number of aliphatic hydroxyl groups is 1. The molecular formula is C17H16N4O2S. The number of carbonyl (C=O) groups excluding carboxylic acids is 1. The van der Waals surface area contributed by atoms with E-state index in [0.29, 0.717) is 21.4 Å². The van der Waals surface area contributed by atoms with E-state index in [-0.39, 0.29) is 5.91 Å². The highest BCUT2D eigenvalue weighted by atomic mass is 32.1. The fourth-order valence-corrected chi connectivity index (χ4v) is 2.74. The molecule has 0 radical (unpaired) electrons. The summed E-state index contributed by atoms with van der Waals surface area (Å²) in [6, 6.07) is 13.3. The van der Waals surface area contributed by atoms with Crippen molar-refractivity contribution in [3.63, 3.8) is 0 Å². The summed E-state index contributed by atoms with van der Waals surface area (Å²) in [5.41, 5.74) is 1.53. The molecule has 1 aromatic carbocycles. The van der Waals surface area contributed by atoms with Crippen LogP contribution in [0.3, 0.4) is 0 Å². The van der Waals surface area contributed by atoms with Crippen molar-refractivity contribution in [1.82, 2.24) is 9.97 Å². The van der Waals surface area contributed by atoms with Crippen LogP contribution in [0, 0.1) is 0 Å². The standard InChI is InChI=1S/C17H16N4O2S/c1-11(22)17-19-10-14(24-17)16(23)21-13-7-8-15(18-9-13)20-12-5-3-2-4-6-12/h2-11,22H,1H3,(H,18,20)(H,21,23). The monoisotopic (exact) mass is 340 g/mol. The van der Waals surface area contributed by atoms with Crippen LogP contribution in [0.5, 0.6) is 0 Å². The third kappa shape index (κ3) is 3.95. The van der Waals surface area contributed by atoms with Crippen molar-refractivity contribution < 1.29 is 9.90 Å². The molecule has 0 bridgehead atoms. The van der Waals surface area contributed by atoms with Gasteiger partial charge in [-0.05, 0) is 31.2 Å². The Morgan fingerprint density at radius 3 is 2.50 bits per heavy atom. The van der Waals surface area contributed by atoms with Gasteiger partial charge < -0.3 is 15.7 Å². The Morgan fingerprint density at radius 1 is 1.08 bits per heavy atom. The lowest BCUT2D eigenvalue weighted by molar-refractivity contribution is 0.103. The molecule has 0 aliphatic rings. The van der Waals surface area contributed by atoms with Crippen LogP contribution >= 0.6 is 11.3 Å². The lowest BCUT2D eigenvalue weighted by Gasteiger charge is -2.07. The Morgan fingerprint density at radius 2 is 1.88 bits per heavy atom. The van der Waals surface area contributed by atoms with Crippen LogP contribution in [-0.4, -0.2) is 21.0 Å². The first kappa shape index (κ1) is 16.1. The molecule has 0 saturated heterocycles. The molecule has 2 aromatic heterocycles. The van der Waals surface area contributed by atoms with Crippen LogP contribution in [0.1, 0.15) is 27.7 Å². The van der Waals surface area contributed by atoms with Crippen molar-refractivity contribution in [2.75, 3.05) is 10.6 Å². The highest BCUT2D eigenvalue weighted by molar-refractivity contribution is 7.13. The lowest BCUT2D eigenvalue weighted by Crippen LogP contribution is -2.10. The summed E-state index contributed by atoms with van der Waals surface area (Å²) >= 11 is 1.17. The molecule has 122 valence electrons. The number of para-hydroxylation sites is 1. The van der Waals surface area contributed by atoms with Gasteiger partial charge in [0.25, 0.3) is 5.91 Å². The topological polar surface area (TPSA) is 87.1 Å². The van der Waals surface area contributed by atoms with Gasteiger partial charge in [-0.3, -0.25) is 4.79 Å². The molecule has 0 aliphatic carbocycles. The number of pyridine rings is 1. The summed E-state index contributed by atoms with van der Waals surface area (Å²) < 4.78 is 0. The van der Waals surface area contributed by atoms with E-state index in [1.54, 1.807) is 25.3 Å². The average molecular weight is 340 g/mol. The van der Waals surface area contributed by atoms with Crippen LogP contribution in [0.2, 0.25) is 0 Å².